The molecule has 0 radical (unpaired) electrons. The summed E-state index contributed by atoms with van der Waals surface area (Å²) < 4.78 is 5.56. The normalized spacial score (nSPS) is 21.3. The van der Waals surface area contributed by atoms with Gasteiger partial charge < -0.3 is 15.1 Å². The Labute approximate surface area is 127 Å². The van der Waals surface area contributed by atoms with Gasteiger partial charge in [0.2, 0.25) is 0 Å². The molecule has 4 heteroatoms. The molecule has 1 aliphatic heterocycles. The quantitative estimate of drug-likeness (QED) is 0.880. The van der Waals surface area contributed by atoms with Gasteiger partial charge >= 0.3 is 0 Å². The smallest absolute Gasteiger partial charge is 0.255 e. The van der Waals surface area contributed by atoms with Crippen LogP contribution in [0.15, 0.2) is 4.42 Å². The zero-order valence-electron chi connectivity index (χ0n) is 14.3. The van der Waals surface area contributed by atoms with Gasteiger partial charge in [-0.15, -0.1) is 0 Å². The maximum absolute atomic E-state index is 12.6. The van der Waals surface area contributed by atoms with Gasteiger partial charge in [-0.1, -0.05) is 0 Å². The van der Waals surface area contributed by atoms with Crippen molar-refractivity contribution in [1.29, 1.82) is 0 Å². The van der Waals surface area contributed by atoms with E-state index in [1.807, 2.05) is 20.8 Å². The molecule has 1 amide bonds. The maximum atomic E-state index is 12.6. The topological polar surface area (TPSA) is 54.3 Å². The fourth-order valence-electron chi connectivity index (χ4n) is 3.81. The van der Waals surface area contributed by atoms with Crippen LogP contribution in [0.2, 0.25) is 0 Å². The van der Waals surface area contributed by atoms with Crippen LogP contribution in [0.4, 0.5) is 0 Å². The first-order chi connectivity index (χ1) is 9.51. The molecule has 0 aliphatic carbocycles. The van der Waals surface area contributed by atoms with Gasteiger partial charge in [0.1, 0.15) is 11.5 Å². The Morgan fingerprint density at radius 2 is 1.62 bits per heavy atom. The van der Waals surface area contributed by atoms with Crippen LogP contribution in [0.5, 0.6) is 0 Å². The van der Waals surface area contributed by atoms with Gasteiger partial charge in [0.15, 0.2) is 0 Å². The summed E-state index contributed by atoms with van der Waals surface area (Å²) in [5.41, 5.74) is 1.69. The number of hydrogen-bond acceptors (Lipinski definition) is 3. The lowest BCUT2D eigenvalue weighted by Crippen LogP contribution is -2.62. The summed E-state index contributed by atoms with van der Waals surface area (Å²) in [6.07, 6.45) is 1.86. The highest BCUT2D eigenvalue weighted by molar-refractivity contribution is 5.97. The van der Waals surface area contributed by atoms with E-state index in [-0.39, 0.29) is 23.0 Å². The van der Waals surface area contributed by atoms with Gasteiger partial charge in [0.25, 0.3) is 5.91 Å². The zero-order chi connectivity index (χ0) is 16.0. The van der Waals surface area contributed by atoms with E-state index in [1.165, 1.54) is 0 Å². The second kappa shape index (κ2) is 5.16. The number of hydrogen-bond donors (Lipinski definition) is 2. The van der Waals surface area contributed by atoms with E-state index in [9.17, 15) is 4.79 Å². The molecule has 1 saturated heterocycles. The van der Waals surface area contributed by atoms with E-state index in [0.717, 1.165) is 24.2 Å². The van der Waals surface area contributed by atoms with Crippen molar-refractivity contribution in [3.05, 3.63) is 22.6 Å². The van der Waals surface area contributed by atoms with Crippen molar-refractivity contribution in [1.82, 2.24) is 10.6 Å². The van der Waals surface area contributed by atoms with E-state index in [0.29, 0.717) is 11.3 Å². The van der Waals surface area contributed by atoms with Crippen LogP contribution >= 0.6 is 0 Å². The number of nitrogens with one attached hydrogen (secondary N) is 2. The Morgan fingerprint density at radius 3 is 2.05 bits per heavy atom. The first-order valence-corrected chi connectivity index (χ1v) is 7.67. The summed E-state index contributed by atoms with van der Waals surface area (Å²) in [4.78, 5) is 12.6. The number of carbonyl (C=O) groups excluding carboxylic acids is 1. The molecule has 4 nitrogen and oxygen atoms in total. The van der Waals surface area contributed by atoms with E-state index in [4.69, 9.17) is 4.42 Å². The molecule has 0 aromatic carbocycles. The first kappa shape index (κ1) is 16.1. The summed E-state index contributed by atoms with van der Waals surface area (Å²) in [5, 5.41) is 6.83. The second-order valence-electron chi connectivity index (χ2n) is 7.69. The lowest BCUT2D eigenvalue weighted by molar-refractivity contribution is 0.0871. The highest BCUT2D eigenvalue weighted by Gasteiger charge is 2.38. The van der Waals surface area contributed by atoms with Gasteiger partial charge in [-0.25, -0.2) is 0 Å². The molecule has 0 unspecified atom stereocenters. The Kier molecular flexibility index (Phi) is 3.96. The Morgan fingerprint density at radius 1 is 1.10 bits per heavy atom. The van der Waals surface area contributed by atoms with E-state index >= 15 is 0 Å². The largest absolute Gasteiger partial charge is 0.466 e. The van der Waals surface area contributed by atoms with Crippen LogP contribution in [0.1, 0.15) is 68.0 Å². The summed E-state index contributed by atoms with van der Waals surface area (Å²) in [7, 11) is 0. The molecule has 1 aromatic rings. The number of piperidine rings is 1. The average Bonchev–Trinajstić information content (AvgIpc) is 2.47. The predicted octanol–water partition coefficient (Wildman–Crippen LogP) is 3.24. The number of carbonyl (C=O) groups is 1. The summed E-state index contributed by atoms with van der Waals surface area (Å²) in [6, 6.07) is 0.178. The summed E-state index contributed by atoms with van der Waals surface area (Å²) >= 11 is 0. The third-order valence-corrected chi connectivity index (χ3v) is 4.31. The highest BCUT2D eigenvalue weighted by Crippen LogP contribution is 2.29. The number of rotatable bonds is 2. The average molecular weight is 292 g/mol. The van der Waals surface area contributed by atoms with Crippen molar-refractivity contribution in [3.8, 4) is 0 Å². The molecular weight excluding hydrogens is 264 g/mol. The molecule has 1 aliphatic rings. The number of amides is 1. The molecule has 2 N–H and O–H groups in total. The van der Waals surface area contributed by atoms with Crippen molar-refractivity contribution in [2.45, 2.75) is 78.4 Å². The second-order valence-corrected chi connectivity index (χ2v) is 7.69. The third-order valence-electron chi connectivity index (χ3n) is 4.31. The van der Waals surface area contributed by atoms with Gasteiger partial charge in [-0.3, -0.25) is 4.79 Å². The van der Waals surface area contributed by atoms with E-state index in [2.05, 4.69) is 38.3 Å². The Bertz CT molecular complexity index is 539. The molecule has 0 saturated carbocycles. The van der Waals surface area contributed by atoms with Crippen LogP contribution in [-0.4, -0.2) is 23.0 Å². The van der Waals surface area contributed by atoms with Crippen LogP contribution in [0.25, 0.3) is 0 Å². The molecule has 2 rings (SSSR count). The van der Waals surface area contributed by atoms with Gasteiger partial charge in [-0.2, -0.15) is 0 Å². The van der Waals surface area contributed by atoms with E-state index in [1.54, 1.807) is 0 Å². The SMILES string of the molecule is Cc1oc(C)c(C(=O)NC2CC(C)(C)NC(C)(C)C2)c1C. The number of furan rings is 1. The van der Waals surface area contributed by atoms with Crippen LogP contribution < -0.4 is 10.6 Å². The molecule has 1 fully saturated rings. The lowest BCUT2D eigenvalue weighted by atomic mass is 9.79. The molecule has 1 aromatic heterocycles. The van der Waals surface area contributed by atoms with Crippen molar-refractivity contribution in [2.75, 3.05) is 0 Å². The minimum Gasteiger partial charge on any atom is -0.466 e. The third kappa shape index (κ3) is 3.49. The van der Waals surface area contributed by atoms with Crippen LogP contribution in [-0.2, 0) is 0 Å². The van der Waals surface area contributed by atoms with Crippen molar-refractivity contribution >= 4 is 5.91 Å². The molecule has 118 valence electrons. The fourth-order valence-corrected chi connectivity index (χ4v) is 3.81. The van der Waals surface area contributed by atoms with Gasteiger partial charge in [0, 0.05) is 22.7 Å². The summed E-state index contributed by atoms with van der Waals surface area (Å²) in [6.45, 7) is 14.4. The molecular formula is C17H28N2O2. The predicted molar refractivity (Wildman–Crippen MR) is 84.7 cm³/mol. The summed E-state index contributed by atoms with van der Waals surface area (Å²) in [5.74, 6) is 1.51. The van der Waals surface area contributed by atoms with Crippen molar-refractivity contribution in [3.63, 3.8) is 0 Å². The standard InChI is InChI=1S/C17H28N2O2/c1-10-11(2)21-12(3)14(10)15(20)18-13-8-16(4,5)19-17(6,7)9-13/h13,19H,8-9H2,1-7H3,(H,18,20). The molecule has 2 heterocycles. The monoisotopic (exact) mass is 292 g/mol. The maximum Gasteiger partial charge on any atom is 0.255 e. The first-order valence-electron chi connectivity index (χ1n) is 7.67. The minimum atomic E-state index is -0.0136. The molecule has 0 spiro atoms. The molecule has 0 atom stereocenters. The molecule has 0 bridgehead atoms. The van der Waals surface area contributed by atoms with E-state index < -0.39 is 0 Å². The Balaban J connectivity index is 2.16. The molecule has 21 heavy (non-hydrogen) atoms. The zero-order valence-corrected chi connectivity index (χ0v) is 14.3. The fraction of sp³-hybridized carbons (Fsp3) is 0.706. The van der Waals surface area contributed by atoms with Crippen LogP contribution in [0, 0.1) is 20.8 Å². The minimum absolute atomic E-state index is 0.0136. The lowest BCUT2D eigenvalue weighted by Gasteiger charge is -2.46. The van der Waals surface area contributed by atoms with Gasteiger partial charge in [0.05, 0.1) is 5.56 Å². The van der Waals surface area contributed by atoms with Gasteiger partial charge in [-0.05, 0) is 61.3 Å². The van der Waals surface area contributed by atoms with Crippen molar-refractivity contribution in [2.24, 2.45) is 0 Å². The number of aryl methyl sites for hydroxylation is 2. The van der Waals surface area contributed by atoms with Crippen LogP contribution in [0.3, 0.4) is 0 Å². The Hall–Kier alpha value is -1.29. The van der Waals surface area contributed by atoms with Crippen molar-refractivity contribution < 1.29 is 9.21 Å². The highest BCUT2D eigenvalue weighted by atomic mass is 16.3.